The van der Waals surface area contributed by atoms with Gasteiger partial charge in [0.25, 0.3) is 0 Å². The van der Waals surface area contributed by atoms with E-state index in [1.54, 1.807) is 13.2 Å². The number of methoxy groups -OCH3 is 2. The van der Waals surface area contributed by atoms with Crippen LogP contribution in [-0.2, 0) is 14.3 Å². The number of allylic oxidation sites excluding steroid dienone is 2. The molecule has 0 N–H and O–H groups in total. The lowest BCUT2D eigenvalue weighted by atomic mass is 9.89. The molecule has 0 unspecified atom stereocenters. The molecule has 90 valence electrons. The summed E-state index contributed by atoms with van der Waals surface area (Å²) in [5, 5.41) is 0. The SMILES string of the molecule is COC(=O)/C=C/C(=C/C1CCCCC1)OC. The molecule has 0 bridgehead atoms. The molecular weight excluding hydrogens is 204 g/mol. The van der Waals surface area contributed by atoms with Crippen LogP contribution >= 0.6 is 0 Å². The highest BCUT2D eigenvalue weighted by Gasteiger charge is 2.11. The normalized spacial score (nSPS) is 18.8. The van der Waals surface area contributed by atoms with Crippen molar-refractivity contribution in [2.45, 2.75) is 32.1 Å². The molecule has 3 nitrogen and oxygen atoms in total. The second kappa shape index (κ2) is 7.09. The molecule has 16 heavy (non-hydrogen) atoms. The summed E-state index contributed by atoms with van der Waals surface area (Å²) >= 11 is 0. The Bertz CT molecular complexity index is 273. The summed E-state index contributed by atoms with van der Waals surface area (Å²) in [5.74, 6) is 0.981. The lowest BCUT2D eigenvalue weighted by molar-refractivity contribution is -0.134. The Labute approximate surface area is 97.1 Å². The maximum Gasteiger partial charge on any atom is 0.330 e. The molecule has 0 radical (unpaired) electrons. The van der Waals surface area contributed by atoms with Crippen molar-refractivity contribution in [2.75, 3.05) is 14.2 Å². The molecule has 3 heteroatoms. The first-order valence-corrected chi connectivity index (χ1v) is 5.78. The Balaban J connectivity index is 2.54. The largest absolute Gasteiger partial charge is 0.497 e. The smallest absolute Gasteiger partial charge is 0.330 e. The number of carbonyl (C=O) groups excluding carboxylic acids is 1. The zero-order chi connectivity index (χ0) is 11.8. The van der Waals surface area contributed by atoms with E-state index < -0.39 is 0 Å². The second-order valence-corrected chi connectivity index (χ2v) is 4.03. The van der Waals surface area contributed by atoms with Crippen molar-refractivity contribution in [2.24, 2.45) is 5.92 Å². The molecule has 0 aliphatic heterocycles. The Hall–Kier alpha value is -1.25. The third-order valence-electron chi connectivity index (χ3n) is 2.87. The highest BCUT2D eigenvalue weighted by molar-refractivity contribution is 5.82. The van der Waals surface area contributed by atoms with Crippen LogP contribution in [0.5, 0.6) is 0 Å². The molecule has 0 spiro atoms. The highest BCUT2D eigenvalue weighted by Crippen LogP contribution is 2.25. The summed E-state index contributed by atoms with van der Waals surface area (Å²) in [6, 6.07) is 0. The van der Waals surface area contributed by atoms with Crippen molar-refractivity contribution < 1.29 is 14.3 Å². The second-order valence-electron chi connectivity index (χ2n) is 4.03. The number of hydrogen-bond donors (Lipinski definition) is 0. The van der Waals surface area contributed by atoms with E-state index in [0.29, 0.717) is 5.92 Å². The van der Waals surface area contributed by atoms with Gasteiger partial charge in [0, 0.05) is 6.08 Å². The van der Waals surface area contributed by atoms with Gasteiger partial charge < -0.3 is 9.47 Å². The number of carbonyl (C=O) groups is 1. The van der Waals surface area contributed by atoms with Crippen molar-refractivity contribution in [1.29, 1.82) is 0 Å². The fraction of sp³-hybridized carbons (Fsp3) is 0.615. The highest BCUT2D eigenvalue weighted by atomic mass is 16.5. The van der Waals surface area contributed by atoms with Gasteiger partial charge in [-0.25, -0.2) is 4.79 Å². The first-order chi connectivity index (χ1) is 7.76. The number of ether oxygens (including phenoxy) is 2. The van der Waals surface area contributed by atoms with Gasteiger partial charge in [-0.1, -0.05) is 19.3 Å². The summed E-state index contributed by atoms with van der Waals surface area (Å²) in [4.78, 5) is 10.9. The van der Waals surface area contributed by atoms with Crippen LogP contribution in [0.2, 0.25) is 0 Å². The van der Waals surface area contributed by atoms with Crippen molar-refractivity contribution in [3.8, 4) is 0 Å². The average molecular weight is 224 g/mol. The van der Waals surface area contributed by atoms with E-state index in [-0.39, 0.29) is 5.97 Å². The van der Waals surface area contributed by atoms with Gasteiger partial charge in [-0.2, -0.15) is 0 Å². The third-order valence-corrected chi connectivity index (χ3v) is 2.87. The van der Waals surface area contributed by atoms with Gasteiger partial charge in [-0.3, -0.25) is 0 Å². The molecule has 0 atom stereocenters. The predicted octanol–water partition coefficient (Wildman–Crippen LogP) is 2.83. The van der Waals surface area contributed by atoms with E-state index in [1.807, 2.05) is 0 Å². The van der Waals surface area contributed by atoms with Gasteiger partial charge in [-0.05, 0) is 30.9 Å². The van der Waals surface area contributed by atoms with Crippen LogP contribution in [0, 0.1) is 5.92 Å². The molecular formula is C13H20O3. The van der Waals surface area contributed by atoms with Gasteiger partial charge in [0.1, 0.15) is 5.76 Å². The van der Waals surface area contributed by atoms with Crippen LogP contribution in [0.1, 0.15) is 32.1 Å². The average Bonchev–Trinajstić information content (AvgIpc) is 2.35. The molecule has 1 aliphatic carbocycles. The first kappa shape index (κ1) is 12.8. The van der Waals surface area contributed by atoms with Crippen LogP contribution in [0.4, 0.5) is 0 Å². The lowest BCUT2D eigenvalue weighted by Crippen LogP contribution is -2.04. The molecule has 0 aromatic carbocycles. The van der Waals surface area contributed by atoms with Gasteiger partial charge in [-0.15, -0.1) is 0 Å². The van der Waals surface area contributed by atoms with E-state index in [9.17, 15) is 4.79 Å². The minimum absolute atomic E-state index is 0.355. The zero-order valence-electron chi connectivity index (χ0n) is 10.1. The first-order valence-electron chi connectivity index (χ1n) is 5.78. The fourth-order valence-corrected chi connectivity index (χ4v) is 1.94. The lowest BCUT2D eigenvalue weighted by Gasteiger charge is -2.18. The topological polar surface area (TPSA) is 35.5 Å². The third kappa shape index (κ3) is 4.51. The van der Waals surface area contributed by atoms with Crippen molar-refractivity contribution >= 4 is 5.97 Å². The Morgan fingerprint density at radius 2 is 1.75 bits per heavy atom. The van der Waals surface area contributed by atoms with Gasteiger partial charge in [0.15, 0.2) is 0 Å². The van der Waals surface area contributed by atoms with E-state index in [2.05, 4.69) is 10.8 Å². The summed E-state index contributed by atoms with van der Waals surface area (Å²) in [6.07, 6.45) is 11.5. The van der Waals surface area contributed by atoms with Crippen LogP contribution in [0.25, 0.3) is 0 Å². The van der Waals surface area contributed by atoms with Gasteiger partial charge in [0.2, 0.25) is 0 Å². The van der Waals surface area contributed by atoms with Gasteiger partial charge in [0.05, 0.1) is 14.2 Å². The molecule has 1 aliphatic rings. The minimum Gasteiger partial charge on any atom is -0.497 e. The number of rotatable bonds is 4. The van der Waals surface area contributed by atoms with Gasteiger partial charge >= 0.3 is 5.97 Å². The summed E-state index contributed by atoms with van der Waals surface area (Å²) in [7, 11) is 2.99. The fourth-order valence-electron chi connectivity index (χ4n) is 1.94. The van der Waals surface area contributed by atoms with Crippen LogP contribution in [-0.4, -0.2) is 20.2 Å². The molecule has 0 saturated heterocycles. The van der Waals surface area contributed by atoms with Crippen LogP contribution < -0.4 is 0 Å². The quantitative estimate of drug-likeness (QED) is 0.319. The maximum absolute atomic E-state index is 10.9. The van der Waals surface area contributed by atoms with E-state index >= 15 is 0 Å². The number of esters is 1. The standard InChI is InChI=1S/C13H20O3/c1-15-12(8-9-13(14)16-2)10-11-6-4-3-5-7-11/h8-11H,3-7H2,1-2H3/b9-8+,12-10-. The monoisotopic (exact) mass is 224 g/mol. The Kier molecular flexibility index (Phi) is 5.68. The zero-order valence-corrected chi connectivity index (χ0v) is 10.1. The van der Waals surface area contributed by atoms with Crippen molar-refractivity contribution in [3.63, 3.8) is 0 Å². The molecule has 1 saturated carbocycles. The molecule has 0 heterocycles. The molecule has 0 aromatic heterocycles. The minimum atomic E-state index is -0.355. The van der Waals surface area contributed by atoms with Crippen molar-refractivity contribution in [3.05, 3.63) is 24.0 Å². The molecule has 0 amide bonds. The Morgan fingerprint density at radius 1 is 1.06 bits per heavy atom. The molecule has 0 aromatic rings. The Morgan fingerprint density at radius 3 is 2.31 bits per heavy atom. The summed E-state index contributed by atoms with van der Waals surface area (Å²) < 4.78 is 9.74. The van der Waals surface area contributed by atoms with E-state index in [4.69, 9.17) is 4.74 Å². The van der Waals surface area contributed by atoms with E-state index in [1.165, 1.54) is 45.3 Å². The summed E-state index contributed by atoms with van der Waals surface area (Å²) in [6.45, 7) is 0. The van der Waals surface area contributed by atoms with Crippen LogP contribution in [0.15, 0.2) is 24.0 Å². The number of hydrogen-bond acceptors (Lipinski definition) is 3. The van der Waals surface area contributed by atoms with E-state index in [0.717, 1.165) is 5.76 Å². The summed E-state index contributed by atoms with van der Waals surface area (Å²) in [5.41, 5.74) is 0. The predicted molar refractivity (Wildman–Crippen MR) is 62.8 cm³/mol. The molecule has 1 fully saturated rings. The maximum atomic E-state index is 10.9. The van der Waals surface area contributed by atoms with Crippen LogP contribution in [0.3, 0.4) is 0 Å². The molecule has 1 rings (SSSR count). The van der Waals surface area contributed by atoms with Crippen molar-refractivity contribution in [1.82, 2.24) is 0 Å².